The first-order valence-electron chi connectivity index (χ1n) is 6.00. The second-order valence-corrected chi connectivity index (χ2v) is 5.41. The second-order valence-electron chi connectivity index (χ2n) is 4.25. The van der Waals surface area contributed by atoms with E-state index in [2.05, 4.69) is 35.2 Å². The van der Waals surface area contributed by atoms with Gasteiger partial charge in [0.05, 0.1) is 5.56 Å². The van der Waals surface area contributed by atoms with Crippen molar-refractivity contribution >= 4 is 34.6 Å². The predicted octanol–water partition coefficient (Wildman–Crippen LogP) is 4.20. The quantitative estimate of drug-likeness (QED) is 0.462. The molecule has 0 aliphatic heterocycles. The first-order valence-corrected chi connectivity index (χ1v) is 7.08. The minimum atomic E-state index is -0.250. The van der Waals surface area contributed by atoms with Gasteiger partial charge in [0, 0.05) is 3.57 Å². The van der Waals surface area contributed by atoms with Crippen LogP contribution in [0.1, 0.15) is 35.2 Å². The molecule has 1 atom stereocenters. The molecular weight excluding hydrogens is 339 g/mol. The van der Waals surface area contributed by atoms with Crippen molar-refractivity contribution in [3.63, 3.8) is 0 Å². The van der Waals surface area contributed by atoms with Crippen LogP contribution in [0.25, 0.3) is 6.08 Å². The molecule has 0 saturated heterocycles. The Labute approximate surface area is 121 Å². The summed E-state index contributed by atoms with van der Waals surface area (Å²) in [5, 5.41) is 0. The summed E-state index contributed by atoms with van der Waals surface area (Å²) in [6.07, 6.45) is 8.79. The number of rotatable bonds is 3. The van der Waals surface area contributed by atoms with Crippen LogP contribution in [0.5, 0.6) is 0 Å². The maximum Gasteiger partial charge on any atom is 0.339 e. The Morgan fingerprint density at radius 2 is 2.33 bits per heavy atom. The highest BCUT2D eigenvalue weighted by molar-refractivity contribution is 14.1. The van der Waals surface area contributed by atoms with Crippen LogP contribution < -0.4 is 0 Å². The average Bonchev–Trinajstić information content (AvgIpc) is 2.40. The largest absolute Gasteiger partial charge is 0.455 e. The second kappa shape index (κ2) is 6.18. The van der Waals surface area contributed by atoms with Gasteiger partial charge in [0.2, 0.25) is 0 Å². The minimum absolute atomic E-state index is 0.0746. The van der Waals surface area contributed by atoms with Gasteiger partial charge in [-0.15, -0.1) is 0 Å². The number of halogens is 1. The van der Waals surface area contributed by atoms with Gasteiger partial charge in [-0.2, -0.15) is 0 Å². The van der Waals surface area contributed by atoms with Gasteiger partial charge in [-0.3, -0.25) is 0 Å². The predicted molar refractivity (Wildman–Crippen MR) is 81.4 cm³/mol. The number of carbonyl (C=O) groups excluding carboxylic acids is 1. The van der Waals surface area contributed by atoms with E-state index < -0.39 is 0 Å². The Morgan fingerprint density at radius 1 is 1.50 bits per heavy atom. The monoisotopic (exact) mass is 354 g/mol. The van der Waals surface area contributed by atoms with Gasteiger partial charge in [-0.1, -0.05) is 24.8 Å². The van der Waals surface area contributed by atoms with Crippen molar-refractivity contribution in [3.8, 4) is 0 Å². The zero-order valence-electron chi connectivity index (χ0n) is 10.1. The molecule has 0 amide bonds. The number of hydrogen-bond acceptors (Lipinski definition) is 2. The third-order valence-corrected chi connectivity index (χ3v) is 3.86. The molecule has 1 aromatic rings. The molecule has 0 bridgehead atoms. The van der Waals surface area contributed by atoms with Crippen LogP contribution in [0.4, 0.5) is 0 Å². The summed E-state index contributed by atoms with van der Waals surface area (Å²) >= 11 is 2.15. The smallest absolute Gasteiger partial charge is 0.339 e. The number of allylic oxidation sites excluding steroid dienone is 1. The first kappa shape index (κ1) is 13.3. The number of esters is 1. The van der Waals surface area contributed by atoms with Gasteiger partial charge in [0.25, 0.3) is 0 Å². The van der Waals surface area contributed by atoms with E-state index in [1.165, 1.54) is 0 Å². The SMILES string of the molecule is C=Cc1ccc(I)c(C(=O)OC2C=CCCC2)c1. The lowest BCUT2D eigenvalue weighted by atomic mass is 10.1. The van der Waals surface area contributed by atoms with Gasteiger partial charge in [-0.05, 0) is 65.6 Å². The normalized spacial score (nSPS) is 18.4. The lowest BCUT2D eigenvalue weighted by Crippen LogP contribution is -2.18. The third-order valence-electron chi connectivity index (χ3n) is 2.91. The molecule has 0 spiro atoms. The fourth-order valence-corrected chi connectivity index (χ4v) is 2.46. The molecule has 2 rings (SSSR count). The maximum atomic E-state index is 12.1. The van der Waals surface area contributed by atoms with Crippen LogP contribution in [0.15, 0.2) is 36.9 Å². The molecular formula is C15H15IO2. The van der Waals surface area contributed by atoms with Gasteiger partial charge in [0.15, 0.2) is 0 Å². The molecule has 0 N–H and O–H groups in total. The molecule has 0 heterocycles. The molecule has 18 heavy (non-hydrogen) atoms. The molecule has 0 aromatic heterocycles. The Morgan fingerprint density at radius 3 is 3.00 bits per heavy atom. The van der Waals surface area contributed by atoms with E-state index >= 15 is 0 Å². The molecule has 0 saturated carbocycles. The highest BCUT2D eigenvalue weighted by atomic mass is 127. The summed E-state index contributed by atoms with van der Waals surface area (Å²) in [6.45, 7) is 3.71. The zero-order chi connectivity index (χ0) is 13.0. The van der Waals surface area contributed by atoms with E-state index in [1.807, 2.05) is 24.3 Å². The molecule has 1 aromatic carbocycles. The number of hydrogen-bond donors (Lipinski definition) is 0. The minimum Gasteiger partial charge on any atom is -0.455 e. The van der Waals surface area contributed by atoms with Gasteiger partial charge in [0.1, 0.15) is 6.10 Å². The van der Waals surface area contributed by atoms with Crippen LogP contribution in [0.2, 0.25) is 0 Å². The van der Waals surface area contributed by atoms with Crippen molar-refractivity contribution in [3.05, 3.63) is 51.6 Å². The molecule has 3 heteroatoms. The number of ether oxygens (including phenoxy) is 1. The molecule has 0 radical (unpaired) electrons. The Bertz CT molecular complexity index is 491. The first-order chi connectivity index (χ1) is 8.70. The fourth-order valence-electron chi connectivity index (χ4n) is 1.91. The van der Waals surface area contributed by atoms with E-state index in [9.17, 15) is 4.79 Å². The van der Waals surface area contributed by atoms with Gasteiger partial charge in [-0.25, -0.2) is 4.79 Å². The summed E-state index contributed by atoms with van der Waals surface area (Å²) < 4.78 is 6.40. The van der Waals surface area contributed by atoms with Crippen molar-refractivity contribution in [2.45, 2.75) is 25.4 Å². The van der Waals surface area contributed by atoms with E-state index in [-0.39, 0.29) is 12.1 Å². The Kier molecular flexibility index (Phi) is 4.58. The van der Waals surface area contributed by atoms with Gasteiger partial charge >= 0.3 is 5.97 Å². The summed E-state index contributed by atoms with van der Waals surface area (Å²) in [5.74, 6) is -0.250. The fraction of sp³-hybridized carbons (Fsp3) is 0.267. The molecule has 94 valence electrons. The van der Waals surface area contributed by atoms with Crippen molar-refractivity contribution < 1.29 is 9.53 Å². The van der Waals surface area contributed by atoms with Crippen LogP contribution in [0, 0.1) is 3.57 Å². The van der Waals surface area contributed by atoms with Crippen molar-refractivity contribution in [2.75, 3.05) is 0 Å². The van der Waals surface area contributed by atoms with E-state index in [0.717, 1.165) is 28.4 Å². The Hall–Kier alpha value is -1.10. The summed E-state index contributed by atoms with van der Waals surface area (Å²) in [4.78, 5) is 12.1. The molecule has 1 aliphatic rings. The Balaban J connectivity index is 2.14. The van der Waals surface area contributed by atoms with Crippen LogP contribution >= 0.6 is 22.6 Å². The van der Waals surface area contributed by atoms with Gasteiger partial charge < -0.3 is 4.74 Å². The number of benzene rings is 1. The van der Waals surface area contributed by atoms with Crippen molar-refractivity contribution in [1.29, 1.82) is 0 Å². The van der Waals surface area contributed by atoms with Crippen molar-refractivity contribution in [1.82, 2.24) is 0 Å². The zero-order valence-corrected chi connectivity index (χ0v) is 12.2. The van der Waals surface area contributed by atoms with E-state index in [0.29, 0.717) is 5.56 Å². The lowest BCUT2D eigenvalue weighted by molar-refractivity contribution is 0.0369. The topological polar surface area (TPSA) is 26.3 Å². The lowest BCUT2D eigenvalue weighted by Gasteiger charge is -2.17. The average molecular weight is 354 g/mol. The summed E-state index contributed by atoms with van der Waals surface area (Å²) in [7, 11) is 0. The molecule has 0 fully saturated rings. The molecule has 1 aliphatic carbocycles. The molecule has 1 unspecified atom stereocenters. The van der Waals surface area contributed by atoms with Crippen molar-refractivity contribution in [2.24, 2.45) is 0 Å². The summed E-state index contributed by atoms with van der Waals surface area (Å²) in [5.41, 5.74) is 1.55. The van der Waals surface area contributed by atoms with Crippen LogP contribution in [-0.4, -0.2) is 12.1 Å². The van der Waals surface area contributed by atoms with E-state index in [1.54, 1.807) is 6.08 Å². The maximum absolute atomic E-state index is 12.1. The highest BCUT2D eigenvalue weighted by Gasteiger charge is 2.17. The van der Waals surface area contributed by atoms with Crippen LogP contribution in [0.3, 0.4) is 0 Å². The van der Waals surface area contributed by atoms with Crippen LogP contribution in [-0.2, 0) is 4.74 Å². The summed E-state index contributed by atoms with van der Waals surface area (Å²) in [6, 6.07) is 5.67. The van der Waals surface area contributed by atoms with E-state index in [4.69, 9.17) is 4.74 Å². The number of carbonyl (C=O) groups is 1. The third kappa shape index (κ3) is 3.22. The highest BCUT2D eigenvalue weighted by Crippen LogP contribution is 2.20. The molecule has 2 nitrogen and oxygen atoms in total. The standard InChI is InChI=1S/C15H15IO2/c1-2-11-8-9-14(16)13(10-11)15(17)18-12-6-4-3-5-7-12/h2,4,6,8-10,12H,1,3,5,7H2.